The molecule has 1 aliphatic rings. The van der Waals surface area contributed by atoms with Crippen molar-refractivity contribution in [3.05, 3.63) is 0 Å². The van der Waals surface area contributed by atoms with Gasteiger partial charge in [-0.2, -0.15) is 0 Å². The van der Waals surface area contributed by atoms with Gasteiger partial charge in [0.2, 0.25) is 0 Å². The summed E-state index contributed by atoms with van der Waals surface area (Å²) < 4.78 is 5.18. The van der Waals surface area contributed by atoms with Crippen molar-refractivity contribution < 1.29 is 20.1 Å². The molecular formula is C8H16O4. The fourth-order valence-corrected chi connectivity index (χ4v) is 1.56. The average molecular weight is 176 g/mol. The highest BCUT2D eigenvalue weighted by molar-refractivity contribution is 4.87. The normalized spacial score (nSPS) is 49.2. The number of aliphatic hydroxyl groups is 3. The molecule has 0 aromatic heterocycles. The third-order valence-corrected chi connectivity index (χ3v) is 2.51. The standard InChI is InChI=1S/C8H16O4/c1-4-7(10)5(2)12-6(3-9)8(4)11/h4-11H,3H2,1-2H3/t4?,5?,6?,7-,8?/m1/s1. The molecule has 12 heavy (non-hydrogen) atoms. The van der Waals surface area contributed by atoms with Gasteiger partial charge in [-0.15, -0.1) is 0 Å². The lowest BCUT2D eigenvalue weighted by Crippen LogP contribution is -2.53. The third kappa shape index (κ3) is 1.61. The van der Waals surface area contributed by atoms with Gasteiger partial charge in [-0.25, -0.2) is 0 Å². The number of aliphatic hydroxyl groups excluding tert-OH is 3. The monoisotopic (exact) mass is 176 g/mol. The van der Waals surface area contributed by atoms with Crippen LogP contribution >= 0.6 is 0 Å². The van der Waals surface area contributed by atoms with Crippen molar-refractivity contribution >= 4 is 0 Å². The highest BCUT2D eigenvalue weighted by atomic mass is 16.5. The molecule has 0 spiro atoms. The van der Waals surface area contributed by atoms with Gasteiger partial charge in [0.15, 0.2) is 0 Å². The Kier molecular flexibility index (Phi) is 3.06. The van der Waals surface area contributed by atoms with Gasteiger partial charge in [-0.3, -0.25) is 0 Å². The first-order chi connectivity index (χ1) is 5.57. The SMILES string of the molecule is CC1OC(CO)C(O)C(C)[C@H]1O. The van der Waals surface area contributed by atoms with Gasteiger partial charge in [-0.1, -0.05) is 6.92 Å². The summed E-state index contributed by atoms with van der Waals surface area (Å²) in [5.74, 6) is -0.245. The molecule has 5 atom stereocenters. The molecule has 72 valence electrons. The molecule has 1 heterocycles. The van der Waals surface area contributed by atoms with E-state index in [1.54, 1.807) is 13.8 Å². The van der Waals surface area contributed by atoms with Crippen LogP contribution < -0.4 is 0 Å². The molecule has 1 aliphatic heterocycles. The largest absolute Gasteiger partial charge is 0.394 e. The molecule has 0 radical (unpaired) electrons. The van der Waals surface area contributed by atoms with Crippen LogP contribution in [0, 0.1) is 5.92 Å². The number of hydrogen-bond acceptors (Lipinski definition) is 4. The molecule has 4 unspecified atom stereocenters. The summed E-state index contributed by atoms with van der Waals surface area (Å²) in [5.41, 5.74) is 0. The van der Waals surface area contributed by atoms with E-state index in [4.69, 9.17) is 9.84 Å². The van der Waals surface area contributed by atoms with E-state index >= 15 is 0 Å². The number of hydrogen-bond donors (Lipinski definition) is 3. The quantitative estimate of drug-likeness (QED) is 0.485. The minimum atomic E-state index is -0.777. The Bertz CT molecular complexity index is 145. The second kappa shape index (κ2) is 3.70. The van der Waals surface area contributed by atoms with Crippen molar-refractivity contribution in [2.75, 3.05) is 6.61 Å². The predicted octanol–water partition coefficient (Wildman–Crippen LogP) is -0.876. The van der Waals surface area contributed by atoms with E-state index in [-0.39, 0.29) is 18.6 Å². The maximum Gasteiger partial charge on any atom is 0.107 e. The van der Waals surface area contributed by atoms with Gasteiger partial charge in [0.25, 0.3) is 0 Å². The van der Waals surface area contributed by atoms with E-state index in [0.717, 1.165) is 0 Å². The summed E-state index contributed by atoms with van der Waals surface area (Å²) >= 11 is 0. The van der Waals surface area contributed by atoms with E-state index in [1.807, 2.05) is 0 Å². The van der Waals surface area contributed by atoms with E-state index in [1.165, 1.54) is 0 Å². The fraction of sp³-hybridized carbons (Fsp3) is 1.00. The predicted molar refractivity (Wildman–Crippen MR) is 42.6 cm³/mol. The maximum atomic E-state index is 9.48. The van der Waals surface area contributed by atoms with E-state index in [9.17, 15) is 10.2 Å². The van der Waals surface area contributed by atoms with Crippen LogP contribution in [0.3, 0.4) is 0 Å². The molecule has 0 aromatic rings. The van der Waals surface area contributed by atoms with Crippen LogP contribution in [0.2, 0.25) is 0 Å². The van der Waals surface area contributed by atoms with Crippen LogP contribution in [0.5, 0.6) is 0 Å². The van der Waals surface area contributed by atoms with Crippen LogP contribution in [-0.2, 0) is 4.74 Å². The van der Waals surface area contributed by atoms with Crippen molar-refractivity contribution in [3.63, 3.8) is 0 Å². The zero-order valence-electron chi connectivity index (χ0n) is 7.34. The Hall–Kier alpha value is -0.160. The smallest absolute Gasteiger partial charge is 0.107 e. The molecule has 3 N–H and O–H groups in total. The zero-order chi connectivity index (χ0) is 9.30. The van der Waals surface area contributed by atoms with E-state index in [0.29, 0.717) is 0 Å². The summed E-state index contributed by atoms with van der Waals surface area (Å²) in [6.07, 6.45) is -2.30. The van der Waals surface area contributed by atoms with E-state index in [2.05, 4.69) is 0 Å². The molecule has 4 heteroatoms. The molecule has 0 bridgehead atoms. The van der Waals surface area contributed by atoms with Crippen molar-refractivity contribution in [1.29, 1.82) is 0 Å². The second-order valence-corrected chi connectivity index (χ2v) is 3.40. The van der Waals surface area contributed by atoms with Gasteiger partial charge in [0.1, 0.15) is 6.10 Å². The zero-order valence-corrected chi connectivity index (χ0v) is 7.34. The summed E-state index contributed by atoms with van der Waals surface area (Å²) in [6.45, 7) is 3.27. The van der Waals surface area contributed by atoms with Crippen LogP contribution in [0.4, 0.5) is 0 Å². The van der Waals surface area contributed by atoms with Crippen LogP contribution in [-0.4, -0.2) is 46.3 Å². The van der Waals surface area contributed by atoms with Gasteiger partial charge in [0.05, 0.1) is 24.9 Å². The van der Waals surface area contributed by atoms with Crippen LogP contribution in [0.1, 0.15) is 13.8 Å². The molecule has 1 fully saturated rings. The Morgan fingerprint density at radius 2 is 1.75 bits per heavy atom. The Morgan fingerprint density at radius 3 is 2.25 bits per heavy atom. The number of rotatable bonds is 1. The minimum Gasteiger partial charge on any atom is -0.394 e. The van der Waals surface area contributed by atoms with Crippen molar-refractivity contribution in [2.24, 2.45) is 5.92 Å². The van der Waals surface area contributed by atoms with Crippen molar-refractivity contribution in [2.45, 2.75) is 38.3 Å². The van der Waals surface area contributed by atoms with Gasteiger partial charge in [0, 0.05) is 5.92 Å². The number of ether oxygens (including phenoxy) is 1. The maximum absolute atomic E-state index is 9.48. The molecule has 0 aromatic carbocycles. The van der Waals surface area contributed by atoms with Gasteiger partial charge >= 0.3 is 0 Å². The second-order valence-electron chi connectivity index (χ2n) is 3.40. The van der Waals surface area contributed by atoms with Crippen molar-refractivity contribution in [3.8, 4) is 0 Å². The highest BCUT2D eigenvalue weighted by Gasteiger charge is 2.39. The molecule has 0 amide bonds. The topological polar surface area (TPSA) is 69.9 Å². The average Bonchev–Trinajstić information content (AvgIpc) is 2.08. The Labute approximate surface area is 71.8 Å². The first kappa shape index (κ1) is 9.92. The first-order valence-electron chi connectivity index (χ1n) is 4.20. The van der Waals surface area contributed by atoms with Gasteiger partial charge < -0.3 is 20.1 Å². The molecule has 0 saturated carbocycles. The fourth-order valence-electron chi connectivity index (χ4n) is 1.56. The van der Waals surface area contributed by atoms with Gasteiger partial charge in [-0.05, 0) is 6.92 Å². The molecule has 0 aliphatic carbocycles. The Morgan fingerprint density at radius 1 is 1.17 bits per heavy atom. The summed E-state index contributed by atoms with van der Waals surface area (Å²) in [7, 11) is 0. The lowest BCUT2D eigenvalue weighted by molar-refractivity contribution is -0.199. The highest BCUT2D eigenvalue weighted by Crippen LogP contribution is 2.25. The molecule has 4 nitrogen and oxygen atoms in total. The third-order valence-electron chi connectivity index (χ3n) is 2.51. The first-order valence-corrected chi connectivity index (χ1v) is 4.20. The van der Waals surface area contributed by atoms with E-state index < -0.39 is 18.3 Å². The summed E-state index contributed by atoms with van der Waals surface area (Å²) in [6, 6.07) is 0. The molecule has 1 saturated heterocycles. The Balaban J connectivity index is 2.63. The molecule has 1 rings (SSSR count). The van der Waals surface area contributed by atoms with Crippen LogP contribution in [0.25, 0.3) is 0 Å². The summed E-state index contributed by atoms with van der Waals surface area (Å²) in [5, 5.41) is 27.8. The summed E-state index contributed by atoms with van der Waals surface area (Å²) in [4.78, 5) is 0. The molecular weight excluding hydrogens is 160 g/mol. The lowest BCUT2D eigenvalue weighted by Gasteiger charge is -2.39. The lowest BCUT2D eigenvalue weighted by atomic mass is 9.88. The minimum absolute atomic E-state index is 0.206. The van der Waals surface area contributed by atoms with Crippen LogP contribution in [0.15, 0.2) is 0 Å². The van der Waals surface area contributed by atoms with Crippen molar-refractivity contribution in [1.82, 2.24) is 0 Å².